The lowest BCUT2D eigenvalue weighted by Crippen LogP contribution is -2.63. The van der Waals surface area contributed by atoms with Crippen molar-refractivity contribution in [1.29, 1.82) is 0 Å². The number of nitrogens with two attached hydrogens (primary N) is 1. The van der Waals surface area contributed by atoms with Crippen molar-refractivity contribution in [2.24, 2.45) is 11.7 Å². The highest BCUT2D eigenvalue weighted by molar-refractivity contribution is 5.96. The number of carbonyl (C=O) groups excluding carboxylic acids is 5. The maximum atomic E-state index is 14.1. The molecule has 1 aliphatic rings. The highest BCUT2D eigenvalue weighted by Gasteiger charge is 2.42. The summed E-state index contributed by atoms with van der Waals surface area (Å²) < 4.78 is 5.42. The molecule has 1 saturated carbocycles. The number of hydrogen-bond acceptors (Lipinski definition) is 6. The van der Waals surface area contributed by atoms with Crippen molar-refractivity contribution in [2.75, 3.05) is 6.54 Å². The van der Waals surface area contributed by atoms with E-state index >= 15 is 0 Å². The summed E-state index contributed by atoms with van der Waals surface area (Å²) in [6, 6.07) is 20.5. The maximum absolute atomic E-state index is 14.1. The fourth-order valence-electron chi connectivity index (χ4n) is 7.18. The Bertz CT molecular complexity index is 1800. The first kappa shape index (κ1) is 41.5. The van der Waals surface area contributed by atoms with Gasteiger partial charge in [0, 0.05) is 18.9 Å². The van der Waals surface area contributed by atoms with Crippen molar-refractivity contribution in [3.8, 4) is 0 Å². The molecule has 4 rings (SSSR count). The summed E-state index contributed by atoms with van der Waals surface area (Å²) in [4.78, 5) is 65.7. The van der Waals surface area contributed by atoms with Gasteiger partial charge in [0.1, 0.15) is 17.2 Å². The average Bonchev–Trinajstić information content (AvgIpc) is 3.12. The van der Waals surface area contributed by atoms with Crippen LogP contribution in [0.4, 0.5) is 0 Å². The topological polar surface area (TPSA) is 157 Å². The van der Waals surface area contributed by atoms with Gasteiger partial charge in [0.05, 0.1) is 12.8 Å². The van der Waals surface area contributed by atoms with Gasteiger partial charge >= 0.3 is 5.97 Å². The first-order valence-electron chi connectivity index (χ1n) is 18.9. The zero-order valence-corrected chi connectivity index (χ0v) is 32.0. The van der Waals surface area contributed by atoms with Gasteiger partial charge in [-0.25, -0.2) is 0 Å². The molecule has 1 fully saturated rings. The van der Waals surface area contributed by atoms with Crippen LogP contribution in [0, 0.1) is 5.92 Å². The maximum Gasteiger partial charge on any atom is 0.310 e. The third kappa shape index (κ3) is 12.1. The van der Waals surface area contributed by atoms with Crippen LogP contribution in [0.2, 0.25) is 0 Å². The van der Waals surface area contributed by atoms with Crippen LogP contribution in [0.5, 0.6) is 0 Å². The molecule has 1 aliphatic carbocycles. The number of rotatable bonds is 18. The summed E-state index contributed by atoms with van der Waals surface area (Å²) in [5, 5.41) is 11.0. The van der Waals surface area contributed by atoms with Gasteiger partial charge in [-0.3, -0.25) is 24.0 Å². The van der Waals surface area contributed by atoms with E-state index < -0.39 is 34.9 Å². The number of ether oxygens (including phenoxy) is 1. The minimum absolute atomic E-state index is 0.0187. The Kier molecular flexibility index (Phi) is 14.7. The van der Waals surface area contributed by atoms with Gasteiger partial charge in [0.25, 0.3) is 0 Å². The number of nitrogens with one attached hydrogen (secondary N) is 3. The molecule has 3 aromatic carbocycles. The lowest BCUT2D eigenvalue weighted by Gasteiger charge is -2.38. The molecule has 0 bridgehead atoms. The first-order valence-corrected chi connectivity index (χ1v) is 18.9. The minimum Gasteiger partial charge on any atom is -0.460 e. The summed E-state index contributed by atoms with van der Waals surface area (Å²) >= 11 is 0. The average molecular weight is 737 g/mol. The Labute approximate surface area is 319 Å². The summed E-state index contributed by atoms with van der Waals surface area (Å²) in [5.74, 6) is -2.77. The molecule has 0 spiro atoms. The molecule has 288 valence electrons. The van der Waals surface area contributed by atoms with E-state index in [1.165, 1.54) is 0 Å². The Morgan fingerprint density at radius 1 is 0.907 bits per heavy atom. The predicted octanol–water partition coefficient (Wildman–Crippen LogP) is 6.11. The molecule has 54 heavy (non-hydrogen) atoms. The fourth-order valence-corrected chi connectivity index (χ4v) is 7.18. The van der Waals surface area contributed by atoms with E-state index in [4.69, 9.17) is 10.5 Å². The van der Waals surface area contributed by atoms with Crippen molar-refractivity contribution >= 4 is 40.4 Å². The molecular weight excluding hydrogens is 681 g/mol. The Hall–Kier alpha value is -5.25. The van der Waals surface area contributed by atoms with Gasteiger partial charge in [-0.15, -0.1) is 13.2 Å². The van der Waals surface area contributed by atoms with Crippen LogP contribution >= 0.6 is 0 Å². The largest absolute Gasteiger partial charge is 0.460 e. The lowest BCUT2D eigenvalue weighted by molar-refractivity contribution is -0.154. The van der Waals surface area contributed by atoms with Crippen molar-refractivity contribution < 1.29 is 28.7 Å². The second kappa shape index (κ2) is 19.2. The molecule has 10 nitrogen and oxygen atoms in total. The number of carbonyl (C=O) groups is 5. The number of amides is 4. The fraction of sp³-hybridized carbons (Fsp3) is 0.432. The molecule has 3 aromatic rings. The van der Waals surface area contributed by atoms with Gasteiger partial charge in [-0.1, -0.05) is 98.1 Å². The molecule has 0 aromatic heterocycles. The van der Waals surface area contributed by atoms with Crippen LogP contribution < -0.4 is 21.7 Å². The zero-order chi connectivity index (χ0) is 39.3. The Balaban J connectivity index is 1.41. The first-order chi connectivity index (χ1) is 25.7. The Morgan fingerprint density at radius 3 is 2.24 bits per heavy atom. The van der Waals surface area contributed by atoms with Gasteiger partial charge in [0.15, 0.2) is 0 Å². The SMILES string of the molecule is C=CC[C@H](CNC(=O)[C@H](CC(N)=O)NC(=O)C1(NC(=O)C[C@H](C=C)c2ccc(CC(=O)OC(C)(C)C)cc2)CCCCC1)Cc1cccc2ccccc12. The standard InChI is InChI=1S/C44H56N4O6/c1-6-14-31(25-35-17-13-16-34-15-9-10-18-36(34)35)29-46-41(52)37(28-38(45)49)47-42(53)44(23-11-8-12-24-44)48-39(50)27-32(7-2)33-21-19-30(20-22-33)26-40(51)54-43(3,4)5/h6-7,9-10,13,15-22,31-32,37H,1-2,8,11-12,14,23-29H2,3-5H3,(H2,45,49)(H,46,52)(H,47,53)(H,48,50)/t31-,32-,37-/m0/s1. The van der Waals surface area contributed by atoms with Gasteiger partial charge < -0.3 is 26.4 Å². The van der Waals surface area contributed by atoms with Gasteiger partial charge in [-0.2, -0.15) is 0 Å². The van der Waals surface area contributed by atoms with E-state index in [1.54, 1.807) is 6.08 Å². The third-order valence-electron chi connectivity index (χ3n) is 9.87. The zero-order valence-electron chi connectivity index (χ0n) is 32.0. The summed E-state index contributed by atoms with van der Waals surface area (Å²) in [6.45, 7) is 13.6. The number of hydrogen-bond donors (Lipinski definition) is 4. The Morgan fingerprint density at radius 2 is 1.59 bits per heavy atom. The molecule has 0 saturated heterocycles. The number of esters is 1. The lowest BCUT2D eigenvalue weighted by atomic mass is 9.80. The monoisotopic (exact) mass is 736 g/mol. The van der Waals surface area contributed by atoms with Crippen LogP contribution in [0.15, 0.2) is 92.0 Å². The van der Waals surface area contributed by atoms with Crippen molar-refractivity contribution in [3.05, 3.63) is 109 Å². The molecular formula is C44H56N4O6. The minimum atomic E-state index is -1.26. The molecule has 4 amide bonds. The number of primary amides is 1. The quantitative estimate of drug-likeness (QED) is 0.0912. The van der Waals surface area contributed by atoms with Crippen LogP contribution in [-0.2, 0) is 41.6 Å². The number of allylic oxidation sites excluding steroid dienone is 2. The van der Waals surface area contributed by atoms with E-state index in [1.807, 2.05) is 69.3 Å². The van der Waals surface area contributed by atoms with E-state index in [-0.39, 0.29) is 43.0 Å². The van der Waals surface area contributed by atoms with Crippen LogP contribution in [0.25, 0.3) is 10.8 Å². The normalized spacial score (nSPS) is 15.5. The molecule has 0 unspecified atom stereocenters. The summed E-state index contributed by atoms with van der Waals surface area (Å²) in [7, 11) is 0. The highest BCUT2D eigenvalue weighted by Crippen LogP contribution is 2.30. The van der Waals surface area contributed by atoms with Crippen molar-refractivity contribution in [3.63, 3.8) is 0 Å². The third-order valence-corrected chi connectivity index (χ3v) is 9.87. The second-order valence-electron chi connectivity index (χ2n) is 15.4. The van der Waals surface area contributed by atoms with Crippen molar-refractivity contribution in [2.45, 2.75) is 108 Å². The predicted molar refractivity (Wildman–Crippen MR) is 212 cm³/mol. The smallest absolute Gasteiger partial charge is 0.310 e. The van der Waals surface area contributed by atoms with E-state index in [2.05, 4.69) is 53.4 Å². The van der Waals surface area contributed by atoms with E-state index in [0.717, 1.165) is 33.9 Å². The molecule has 5 N–H and O–H groups in total. The van der Waals surface area contributed by atoms with Crippen LogP contribution in [0.1, 0.15) is 94.7 Å². The van der Waals surface area contributed by atoms with E-state index in [0.29, 0.717) is 45.1 Å². The molecule has 0 aliphatic heterocycles. The molecule has 0 heterocycles. The van der Waals surface area contributed by atoms with Gasteiger partial charge in [-0.05, 0) is 79.8 Å². The number of fused-ring (bicyclic) bond motifs is 1. The second-order valence-corrected chi connectivity index (χ2v) is 15.4. The highest BCUT2D eigenvalue weighted by atomic mass is 16.6. The molecule has 10 heteroatoms. The number of benzene rings is 3. The van der Waals surface area contributed by atoms with E-state index in [9.17, 15) is 24.0 Å². The summed E-state index contributed by atoms with van der Waals surface area (Å²) in [5.41, 5.74) is 6.50. The van der Waals surface area contributed by atoms with Crippen LogP contribution in [0.3, 0.4) is 0 Å². The van der Waals surface area contributed by atoms with Gasteiger partial charge in [0.2, 0.25) is 23.6 Å². The summed E-state index contributed by atoms with van der Waals surface area (Å²) in [6.07, 6.45) is 7.72. The van der Waals surface area contributed by atoms with Crippen LogP contribution in [-0.4, -0.2) is 53.3 Å². The molecule has 0 radical (unpaired) electrons. The van der Waals surface area contributed by atoms with Crippen molar-refractivity contribution in [1.82, 2.24) is 16.0 Å². The molecule has 3 atom stereocenters.